The number of thiazole rings is 1. The molecule has 1 rings (SSSR count). The average molecular weight is 170 g/mol. The van der Waals surface area contributed by atoms with E-state index in [4.69, 9.17) is 0 Å². The Morgan fingerprint density at radius 2 is 2.73 bits per heavy atom. The van der Waals surface area contributed by atoms with E-state index in [1.807, 2.05) is 5.38 Å². The smallest absolute Gasteiger partial charge is 0.137 e. The van der Waals surface area contributed by atoms with Crippen LogP contribution in [0.25, 0.3) is 0 Å². The second-order valence-corrected chi connectivity index (χ2v) is 2.93. The van der Waals surface area contributed by atoms with Crippen LogP contribution in [0.2, 0.25) is 0 Å². The summed E-state index contributed by atoms with van der Waals surface area (Å²) in [7, 11) is 1.77. The van der Waals surface area contributed by atoms with Crippen LogP contribution in [0.3, 0.4) is 0 Å². The number of hydrogen-bond acceptors (Lipinski definition) is 4. The first-order valence-electron chi connectivity index (χ1n) is 3.36. The van der Waals surface area contributed by atoms with Gasteiger partial charge in [0, 0.05) is 11.8 Å². The molecule has 3 nitrogen and oxygen atoms in total. The van der Waals surface area contributed by atoms with Crippen molar-refractivity contribution in [2.45, 2.75) is 12.5 Å². The Kier molecular flexibility index (Phi) is 3.19. The van der Waals surface area contributed by atoms with Gasteiger partial charge in [-0.1, -0.05) is 0 Å². The lowest BCUT2D eigenvalue weighted by Crippen LogP contribution is -2.28. The van der Waals surface area contributed by atoms with Gasteiger partial charge in [0.15, 0.2) is 0 Å². The normalized spacial score (nSPS) is 12.8. The van der Waals surface area contributed by atoms with Gasteiger partial charge in [-0.15, -0.1) is 11.3 Å². The molecule has 0 aromatic carbocycles. The van der Waals surface area contributed by atoms with E-state index in [0.29, 0.717) is 6.42 Å². The van der Waals surface area contributed by atoms with E-state index in [1.165, 1.54) is 0 Å². The maximum atomic E-state index is 10.4. The molecule has 0 unspecified atom stereocenters. The summed E-state index contributed by atoms with van der Waals surface area (Å²) < 4.78 is 0. The molecule has 1 aromatic rings. The van der Waals surface area contributed by atoms with Crippen molar-refractivity contribution in [2.24, 2.45) is 0 Å². The van der Waals surface area contributed by atoms with Crippen LogP contribution in [0, 0.1) is 0 Å². The van der Waals surface area contributed by atoms with Gasteiger partial charge >= 0.3 is 0 Å². The molecule has 1 heterocycles. The summed E-state index contributed by atoms with van der Waals surface area (Å²) in [5.41, 5.74) is 2.74. The topological polar surface area (TPSA) is 42.0 Å². The first-order valence-corrected chi connectivity index (χ1v) is 4.30. The minimum atomic E-state index is -0.0999. The zero-order chi connectivity index (χ0) is 8.10. The monoisotopic (exact) mass is 170 g/mol. The van der Waals surface area contributed by atoms with Gasteiger partial charge in [0.05, 0.1) is 17.2 Å². The van der Waals surface area contributed by atoms with E-state index in [0.717, 1.165) is 12.0 Å². The average Bonchev–Trinajstić information content (AvgIpc) is 2.52. The van der Waals surface area contributed by atoms with E-state index in [2.05, 4.69) is 10.3 Å². The fourth-order valence-corrected chi connectivity index (χ4v) is 1.35. The minimum absolute atomic E-state index is 0.0999. The zero-order valence-corrected chi connectivity index (χ0v) is 7.10. The summed E-state index contributed by atoms with van der Waals surface area (Å²) in [6.07, 6.45) is 1.59. The molecule has 0 spiro atoms. The maximum Gasteiger partial charge on any atom is 0.137 e. The summed E-state index contributed by atoms with van der Waals surface area (Å²) >= 11 is 1.55. The SMILES string of the molecule is CN[C@H](C=O)Cc1cscn1. The van der Waals surface area contributed by atoms with Crippen LogP contribution in [-0.4, -0.2) is 24.4 Å². The molecule has 0 radical (unpaired) electrons. The van der Waals surface area contributed by atoms with E-state index < -0.39 is 0 Å². The molecule has 0 saturated heterocycles. The van der Waals surface area contributed by atoms with Gasteiger partial charge in [-0.3, -0.25) is 0 Å². The molecule has 0 aliphatic rings. The molecule has 0 amide bonds. The molecule has 0 fully saturated rings. The summed E-state index contributed by atoms with van der Waals surface area (Å²) in [6.45, 7) is 0. The fraction of sp³-hybridized carbons (Fsp3) is 0.429. The number of nitrogens with one attached hydrogen (secondary N) is 1. The lowest BCUT2D eigenvalue weighted by Gasteiger charge is -2.04. The summed E-state index contributed by atoms with van der Waals surface area (Å²) in [4.78, 5) is 14.4. The van der Waals surface area contributed by atoms with Crippen LogP contribution in [0.1, 0.15) is 5.69 Å². The second-order valence-electron chi connectivity index (χ2n) is 2.22. The highest BCUT2D eigenvalue weighted by atomic mass is 32.1. The maximum absolute atomic E-state index is 10.4. The van der Waals surface area contributed by atoms with Crippen molar-refractivity contribution in [3.05, 3.63) is 16.6 Å². The molecule has 0 aliphatic heterocycles. The first-order chi connectivity index (χ1) is 5.36. The Bertz CT molecular complexity index is 210. The third-order valence-electron chi connectivity index (χ3n) is 1.45. The van der Waals surface area contributed by atoms with Gasteiger partial charge in [-0.2, -0.15) is 0 Å². The molecule has 11 heavy (non-hydrogen) atoms. The molecule has 60 valence electrons. The third-order valence-corrected chi connectivity index (χ3v) is 2.08. The highest BCUT2D eigenvalue weighted by Gasteiger charge is 2.05. The standard InChI is InChI=1S/C7H10N2OS/c1-8-6(3-10)2-7-4-11-5-9-7/h3-6,8H,2H2,1H3/t6-/m0/s1. The van der Waals surface area contributed by atoms with E-state index in [-0.39, 0.29) is 6.04 Å². The quantitative estimate of drug-likeness (QED) is 0.668. The lowest BCUT2D eigenvalue weighted by atomic mass is 10.2. The van der Waals surface area contributed by atoms with Crippen LogP contribution in [0.15, 0.2) is 10.9 Å². The molecular formula is C7H10N2OS. The molecule has 0 aliphatic carbocycles. The van der Waals surface area contributed by atoms with Crippen molar-refractivity contribution in [3.63, 3.8) is 0 Å². The predicted molar refractivity (Wildman–Crippen MR) is 44.7 cm³/mol. The van der Waals surface area contributed by atoms with Gasteiger partial charge in [0.1, 0.15) is 6.29 Å². The zero-order valence-electron chi connectivity index (χ0n) is 6.28. The van der Waals surface area contributed by atoms with Crippen LogP contribution in [-0.2, 0) is 11.2 Å². The number of aldehydes is 1. The lowest BCUT2D eigenvalue weighted by molar-refractivity contribution is -0.109. The van der Waals surface area contributed by atoms with Crippen molar-refractivity contribution < 1.29 is 4.79 Å². The van der Waals surface area contributed by atoms with Crippen molar-refractivity contribution in [3.8, 4) is 0 Å². The molecule has 1 N–H and O–H groups in total. The fourth-order valence-electron chi connectivity index (χ4n) is 0.782. The number of hydrogen-bond donors (Lipinski definition) is 1. The second kappa shape index (κ2) is 4.20. The molecule has 4 heteroatoms. The third kappa shape index (κ3) is 2.40. The van der Waals surface area contributed by atoms with Crippen LogP contribution in [0.4, 0.5) is 0 Å². The summed E-state index contributed by atoms with van der Waals surface area (Å²) in [5.74, 6) is 0. The first kappa shape index (κ1) is 8.36. The Morgan fingerprint density at radius 3 is 3.18 bits per heavy atom. The Labute approximate surface area is 69.5 Å². The Hall–Kier alpha value is -0.740. The molecule has 1 atom stereocenters. The van der Waals surface area contributed by atoms with Crippen LogP contribution in [0.5, 0.6) is 0 Å². The van der Waals surface area contributed by atoms with E-state index in [1.54, 1.807) is 23.9 Å². The highest BCUT2D eigenvalue weighted by molar-refractivity contribution is 7.07. The number of rotatable bonds is 4. The minimum Gasteiger partial charge on any atom is -0.310 e. The Balaban J connectivity index is 2.47. The van der Waals surface area contributed by atoms with E-state index in [9.17, 15) is 4.79 Å². The van der Waals surface area contributed by atoms with E-state index >= 15 is 0 Å². The summed E-state index contributed by atoms with van der Waals surface area (Å²) in [5, 5.41) is 4.84. The van der Waals surface area contributed by atoms with Crippen LogP contribution < -0.4 is 5.32 Å². The van der Waals surface area contributed by atoms with Crippen LogP contribution >= 0.6 is 11.3 Å². The number of aromatic nitrogens is 1. The van der Waals surface area contributed by atoms with Crippen molar-refractivity contribution in [1.29, 1.82) is 0 Å². The molecule has 1 aromatic heterocycles. The largest absolute Gasteiger partial charge is 0.310 e. The molecule has 0 saturated carbocycles. The van der Waals surface area contributed by atoms with Gasteiger partial charge in [0.25, 0.3) is 0 Å². The number of nitrogens with zero attached hydrogens (tertiary/aromatic N) is 1. The molecular weight excluding hydrogens is 160 g/mol. The number of carbonyl (C=O) groups is 1. The van der Waals surface area contributed by atoms with Gasteiger partial charge < -0.3 is 10.1 Å². The molecule has 0 bridgehead atoms. The summed E-state index contributed by atoms with van der Waals surface area (Å²) in [6, 6.07) is -0.0999. The van der Waals surface area contributed by atoms with Crippen molar-refractivity contribution in [2.75, 3.05) is 7.05 Å². The van der Waals surface area contributed by atoms with Gasteiger partial charge in [0.2, 0.25) is 0 Å². The number of likely N-dealkylation sites (N-methyl/N-ethyl adjacent to an activating group) is 1. The van der Waals surface area contributed by atoms with Crippen molar-refractivity contribution >= 4 is 17.6 Å². The Morgan fingerprint density at radius 1 is 1.91 bits per heavy atom. The predicted octanol–water partition coefficient (Wildman–Crippen LogP) is 0.472. The van der Waals surface area contributed by atoms with Crippen molar-refractivity contribution in [1.82, 2.24) is 10.3 Å². The van der Waals surface area contributed by atoms with Gasteiger partial charge in [-0.25, -0.2) is 4.98 Å². The number of carbonyl (C=O) groups excluding carboxylic acids is 1. The highest BCUT2D eigenvalue weighted by Crippen LogP contribution is 2.02. The van der Waals surface area contributed by atoms with Gasteiger partial charge in [-0.05, 0) is 7.05 Å².